The van der Waals surface area contributed by atoms with Crippen LogP contribution in [0.2, 0.25) is 0 Å². The van der Waals surface area contributed by atoms with Crippen LogP contribution in [0.25, 0.3) is 0 Å². The molecule has 2 heterocycles. The van der Waals surface area contributed by atoms with Crippen molar-refractivity contribution in [2.75, 3.05) is 31.6 Å². The molecule has 0 spiro atoms. The van der Waals surface area contributed by atoms with Gasteiger partial charge in [-0.25, -0.2) is 4.79 Å². The van der Waals surface area contributed by atoms with Crippen LogP contribution in [0.3, 0.4) is 0 Å². The number of hydrogen-bond donors (Lipinski definition) is 2. The summed E-state index contributed by atoms with van der Waals surface area (Å²) in [7, 11) is 0. The summed E-state index contributed by atoms with van der Waals surface area (Å²) in [5.74, 6) is -0.283. The second-order valence-electron chi connectivity index (χ2n) is 4.41. The maximum absolute atomic E-state index is 11.5. The van der Waals surface area contributed by atoms with Gasteiger partial charge in [-0.05, 0) is 17.5 Å². The molecule has 1 aromatic rings. The van der Waals surface area contributed by atoms with E-state index in [2.05, 4.69) is 10.6 Å². The first-order valence-electron chi connectivity index (χ1n) is 6.66. The van der Waals surface area contributed by atoms with E-state index in [4.69, 9.17) is 4.74 Å². The van der Waals surface area contributed by atoms with E-state index in [0.717, 1.165) is 5.00 Å². The number of amides is 4. The minimum atomic E-state index is -0.286. The number of anilines is 1. The van der Waals surface area contributed by atoms with Gasteiger partial charge in [0.15, 0.2) is 0 Å². The van der Waals surface area contributed by atoms with Crippen LogP contribution < -0.4 is 10.6 Å². The van der Waals surface area contributed by atoms with E-state index < -0.39 is 0 Å². The number of ether oxygens (including phenoxy) is 1. The lowest BCUT2D eigenvalue weighted by atomic mass is 10.4. The second kappa shape index (κ2) is 7.75. The lowest BCUT2D eigenvalue weighted by Crippen LogP contribution is -2.34. The molecule has 1 aromatic heterocycles. The van der Waals surface area contributed by atoms with Crippen molar-refractivity contribution in [2.24, 2.45) is 0 Å². The Morgan fingerprint density at radius 2 is 2.05 bits per heavy atom. The van der Waals surface area contributed by atoms with Gasteiger partial charge in [0.1, 0.15) is 0 Å². The largest absolute Gasteiger partial charge is 0.378 e. The van der Waals surface area contributed by atoms with Crippen LogP contribution in [-0.4, -0.2) is 49.0 Å². The molecule has 0 aromatic carbocycles. The van der Waals surface area contributed by atoms with E-state index in [1.165, 1.54) is 16.2 Å². The van der Waals surface area contributed by atoms with E-state index in [1.54, 1.807) is 0 Å². The molecule has 8 heteroatoms. The first-order valence-corrected chi connectivity index (χ1v) is 7.54. The summed E-state index contributed by atoms with van der Waals surface area (Å²) in [6, 6.07) is 3.38. The molecule has 0 atom stereocenters. The molecule has 1 aliphatic rings. The second-order valence-corrected chi connectivity index (χ2v) is 5.36. The van der Waals surface area contributed by atoms with Gasteiger partial charge >= 0.3 is 6.03 Å². The van der Waals surface area contributed by atoms with Gasteiger partial charge in [0.05, 0.1) is 24.8 Å². The van der Waals surface area contributed by atoms with Crippen LogP contribution in [0.15, 0.2) is 17.5 Å². The number of carbonyl (C=O) groups excluding carboxylic acids is 3. The Morgan fingerprint density at radius 3 is 2.71 bits per heavy atom. The molecular weight excluding hydrogens is 294 g/mol. The molecule has 0 radical (unpaired) electrons. The molecular formula is C13H17N3O4S. The van der Waals surface area contributed by atoms with Crippen molar-refractivity contribution in [3.05, 3.63) is 17.5 Å². The minimum absolute atomic E-state index is 0.142. The van der Waals surface area contributed by atoms with Crippen LogP contribution in [0.4, 0.5) is 9.80 Å². The van der Waals surface area contributed by atoms with Gasteiger partial charge in [0.2, 0.25) is 11.8 Å². The van der Waals surface area contributed by atoms with Crippen LogP contribution in [0, 0.1) is 0 Å². The zero-order valence-electron chi connectivity index (χ0n) is 11.5. The van der Waals surface area contributed by atoms with E-state index in [0.29, 0.717) is 26.0 Å². The lowest BCUT2D eigenvalue weighted by Gasteiger charge is -2.13. The smallest absolute Gasteiger partial charge is 0.319 e. The molecule has 1 fully saturated rings. The summed E-state index contributed by atoms with van der Waals surface area (Å²) >= 11 is 1.44. The highest BCUT2D eigenvalue weighted by atomic mass is 32.1. The topological polar surface area (TPSA) is 87.7 Å². The molecule has 1 saturated heterocycles. The first-order chi connectivity index (χ1) is 10.2. The molecule has 0 unspecified atom stereocenters. The summed E-state index contributed by atoms with van der Waals surface area (Å²) in [6.07, 6.45) is 0.590. The van der Waals surface area contributed by atoms with Crippen molar-refractivity contribution in [2.45, 2.75) is 12.8 Å². The normalized spacial score (nSPS) is 14.6. The molecule has 2 rings (SSSR count). The summed E-state index contributed by atoms with van der Waals surface area (Å²) in [5.41, 5.74) is 0. The number of hydrogen-bond acceptors (Lipinski definition) is 5. The van der Waals surface area contributed by atoms with Crippen LogP contribution >= 0.6 is 11.3 Å². The van der Waals surface area contributed by atoms with Crippen LogP contribution in [0.5, 0.6) is 0 Å². The maximum atomic E-state index is 11.5. The van der Waals surface area contributed by atoms with Crippen molar-refractivity contribution in [3.63, 3.8) is 0 Å². The molecule has 0 bridgehead atoms. The molecule has 1 aliphatic heterocycles. The molecule has 4 amide bonds. The number of thiophene rings is 1. The molecule has 0 aliphatic carbocycles. The number of imide groups is 1. The Morgan fingerprint density at radius 1 is 1.29 bits per heavy atom. The Hall–Kier alpha value is -1.93. The average molecular weight is 311 g/mol. The number of nitrogens with one attached hydrogen (secondary N) is 2. The third-order valence-electron chi connectivity index (χ3n) is 2.90. The van der Waals surface area contributed by atoms with Gasteiger partial charge in [-0.3, -0.25) is 19.8 Å². The third kappa shape index (κ3) is 4.83. The minimum Gasteiger partial charge on any atom is -0.378 e. The van der Waals surface area contributed by atoms with Crippen molar-refractivity contribution in [1.29, 1.82) is 0 Å². The van der Waals surface area contributed by atoms with Gasteiger partial charge in [-0.1, -0.05) is 0 Å². The predicted molar refractivity (Wildman–Crippen MR) is 78.1 cm³/mol. The number of rotatable bonds is 7. The molecule has 7 nitrogen and oxygen atoms in total. The molecule has 2 N–H and O–H groups in total. The fourth-order valence-corrected chi connectivity index (χ4v) is 2.49. The third-order valence-corrected chi connectivity index (χ3v) is 3.69. The van der Waals surface area contributed by atoms with Gasteiger partial charge < -0.3 is 10.1 Å². The zero-order chi connectivity index (χ0) is 15.1. The van der Waals surface area contributed by atoms with Crippen LogP contribution in [0.1, 0.15) is 12.8 Å². The predicted octanol–water partition coefficient (Wildman–Crippen LogP) is 1.04. The van der Waals surface area contributed by atoms with Gasteiger partial charge in [-0.15, -0.1) is 11.3 Å². The van der Waals surface area contributed by atoms with E-state index in [9.17, 15) is 14.4 Å². The van der Waals surface area contributed by atoms with Crippen molar-refractivity contribution in [3.8, 4) is 0 Å². The summed E-state index contributed by atoms with van der Waals surface area (Å²) < 4.78 is 5.29. The number of likely N-dealkylation sites (tertiary alicyclic amines) is 1. The molecule has 114 valence electrons. The van der Waals surface area contributed by atoms with Crippen LogP contribution in [-0.2, 0) is 14.3 Å². The quantitative estimate of drug-likeness (QED) is 0.582. The van der Waals surface area contributed by atoms with Crippen molar-refractivity contribution >= 4 is 34.2 Å². The first kappa shape index (κ1) is 15.5. The van der Waals surface area contributed by atoms with Gasteiger partial charge in [-0.2, -0.15) is 0 Å². The van der Waals surface area contributed by atoms with Gasteiger partial charge in [0.25, 0.3) is 0 Å². The summed E-state index contributed by atoms with van der Waals surface area (Å²) in [4.78, 5) is 35.3. The molecule has 21 heavy (non-hydrogen) atoms. The number of nitrogens with zero attached hydrogens (tertiary/aromatic N) is 1. The number of carbonyl (C=O) groups is 3. The monoisotopic (exact) mass is 311 g/mol. The number of urea groups is 1. The van der Waals surface area contributed by atoms with E-state index in [1.807, 2.05) is 17.5 Å². The Bertz CT molecular complexity index is 488. The highest BCUT2D eigenvalue weighted by molar-refractivity contribution is 7.14. The van der Waals surface area contributed by atoms with Crippen molar-refractivity contribution in [1.82, 2.24) is 10.2 Å². The Balaban J connectivity index is 1.51. The average Bonchev–Trinajstić information content (AvgIpc) is 3.06. The fourth-order valence-electron chi connectivity index (χ4n) is 1.87. The Kier molecular flexibility index (Phi) is 5.70. The summed E-state index contributed by atoms with van der Waals surface area (Å²) in [5, 5.41) is 7.99. The van der Waals surface area contributed by atoms with E-state index in [-0.39, 0.29) is 31.0 Å². The standard InChI is InChI=1S/C13H17N3O4S/c17-11-3-4-12(18)16(11)6-8-20-7-5-14-13(19)15-10-2-1-9-21-10/h1-2,9H,3-8H2,(H2,14,15,19). The SMILES string of the molecule is O=C(NCCOCCN1C(=O)CCC1=O)Nc1cccs1. The highest BCUT2D eigenvalue weighted by Crippen LogP contribution is 2.14. The highest BCUT2D eigenvalue weighted by Gasteiger charge is 2.27. The zero-order valence-corrected chi connectivity index (χ0v) is 12.3. The molecule has 0 saturated carbocycles. The maximum Gasteiger partial charge on any atom is 0.319 e. The van der Waals surface area contributed by atoms with Gasteiger partial charge in [0, 0.05) is 19.4 Å². The fraction of sp³-hybridized carbons (Fsp3) is 0.462. The lowest BCUT2D eigenvalue weighted by molar-refractivity contribution is -0.139. The Labute approximate surface area is 126 Å². The van der Waals surface area contributed by atoms with Crippen molar-refractivity contribution < 1.29 is 19.1 Å². The summed E-state index contributed by atoms with van der Waals surface area (Å²) in [6.45, 7) is 1.25. The van der Waals surface area contributed by atoms with E-state index >= 15 is 0 Å².